The largest absolute Gasteiger partial charge is 0.416 e. The van der Waals surface area contributed by atoms with Crippen molar-refractivity contribution in [2.75, 3.05) is 6.54 Å². The Morgan fingerprint density at radius 3 is 2.26 bits per heavy atom. The fourth-order valence-corrected chi connectivity index (χ4v) is 3.27. The predicted octanol–water partition coefficient (Wildman–Crippen LogP) is 3.07. The summed E-state index contributed by atoms with van der Waals surface area (Å²) >= 11 is 0. The number of sulfonamides is 1. The number of amides is 1. The van der Waals surface area contributed by atoms with Gasteiger partial charge < -0.3 is 5.32 Å². The van der Waals surface area contributed by atoms with E-state index in [2.05, 4.69) is 10.0 Å². The minimum absolute atomic E-state index is 0.120. The van der Waals surface area contributed by atoms with E-state index in [1.807, 2.05) is 0 Å². The van der Waals surface area contributed by atoms with Gasteiger partial charge in [-0.05, 0) is 35.9 Å². The first-order valence-electron chi connectivity index (χ1n) is 7.78. The average Bonchev–Trinajstić information content (AvgIpc) is 2.59. The molecule has 0 saturated heterocycles. The van der Waals surface area contributed by atoms with E-state index in [0.717, 1.165) is 30.3 Å². The maximum absolute atomic E-state index is 13.9. The van der Waals surface area contributed by atoms with Crippen molar-refractivity contribution in [3.63, 3.8) is 0 Å². The normalized spacial score (nSPS) is 12.0. The van der Waals surface area contributed by atoms with E-state index in [9.17, 15) is 30.8 Å². The Bertz CT molecular complexity index is 926. The summed E-state index contributed by atoms with van der Waals surface area (Å²) in [4.78, 5) is 11.9. The van der Waals surface area contributed by atoms with Gasteiger partial charge in [0.1, 0.15) is 5.82 Å². The van der Waals surface area contributed by atoms with Gasteiger partial charge >= 0.3 is 6.18 Å². The van der Waals surface area contributed by atoms with Crippen molar-refractivity contribution in [2.45, 2.75) is 24.5 Å². The molecular formula is C17H16F4N2O3S. The molecule has 1 amide bonds. The lowest BCUT2D eigenvalue weighted by molar-refractivity contribution is -0.137. The van der Waals surface area contributed by atoms with E-state index >= 15 is 0 Å². The van der Waals surface area contributed by atoms with Crippen LogP contribution >= 0.6 is 0 Å². The van der Waals surface area contributed by atoms with Crippen LogP contribution < -0.4 is 10.0 Å². The molecule has 2 aromatic rings. The molecule has 0 unspecified atom stereocenters. The van der Waals surface area contributed by atoms with Crippen LogP contribution in [-0.4, -0.2) is 20.9 Å². The Kier molecular flexibility index (Phi) is 6.22. The molecule has 2 N–H and O–H groups in total. The highest BCUT2D eigenvalue weighted by Gasteiger charge is 2.29. The molecule has 0 aliphatic rings. The Morgan fingerprint density at radius 2 is 1.70 bits per heavy atom. The van der Waals surface area contributed by atoms with Crippen LogP contribution in [0.1, 0.15) is 28.4 Å². The van der Waals surface area contributed by atoms with Crippen LogP contribution in [-0.2, 0) is 22.7 Å². The van der Waals surface area contributed by atoms with E-state index < -0.39 is 39.1 Å². The van der Waals surface area contributed by atoms with Gasteiger partial charge in [0.2, 0.25) is 10.0 Å². The van der Waals surface area contributed by atoms with Gasteiger partial charge in [-0.25, -0.2) is 17.5 Å². The fourth-order valence-electron chi connectivity index (χ4n) is 2.21. The summed E-state index contributed by atoms with van der Waals surface area (Å²) in [7, 11) is -3.87. The summed E-state index contributed by atoms with van der Waals surface area (Å²) in [6, 6.07) is 6.89. The maximum atomic E-state index is 13.9. The average molecular weight is 404 g/mol. The second-order valence-corrected chi connectivity index (χ2v) is 7.29. The van der Waals surface area contributed by atoms with Crippen molar-refractivity contribution in [3.8, 4) is 0 Å². The summed E-state index contributed by atoms with van der Waals surface area (Å²) in [6.07, 6.45) is -4.47. The van der Waals surface area contributed by atoms with Crippen LogP contribution in [0.15, 0.2) is 47.4 Å². The van der Waals surface area contributed by atoms with Gasteiger partial charge in [-0.15, -0.1) is 0 Å². The van der Waals surface area contributed by atoms with E-state index in [0.29, 0.717) is 5.56 Å². The molecule has 27 heavy (non-hydrogen) atoms. The number of carbonyl (C=O) groups excluding carboxylic acids is 1. The van der Waals surface area contributed by atoms with E-state index in [1.54, 1.807) is 6.92 Å². The molecular weight excluding hydrogens is 388 g/mol. The summed E-state index contributed by atoms with van der Waals surface area (Å²) in [5.41, 5.74) is -0.945. The Labute approximate surface area is 153 Å². The third-order valence-electron chi connectivity index (χ3n) is 3.56. The fraction of sp³-hybridized carbons (Fsp3) is 0.235. The lowest BCUT2D eigenvalue weighted by Crippen LogP contribution is -2.26. The van der Waals surface area contributed by atoms with Gasteiger partial charge in [-0.3, -0.25) is 4.79 Å². The predicted molar refractivity (Wildman–Crippen MR) is 89.9 cm³/mol. The first-order valence-corrected chi connectivity index (χ1v) is 9.26. The van der Waals surface area contributed by atoms with Crippen molar-refractivity contribution in [1.29, 1.82) is 0 Å². The van der Waals surface area contributed by atoms with Crippen LogP contribution in [0.5, 0.6) is 0 Å². The van der Waals surface area contributed by atoms with Crippen LogP contribution in [0.4, 0.5) is 17.6 Å². The number of nitrogens with one attached hydrogen (secondary N) is 2. The van der Waals surface area contributed by atoms with Crippen molar-refractivity contribution >= 4 is 15.9 Å². The van der Waals surface area contributed by atoms with Crippen LogP contribution in [0, 0.1) is 5.82 Å². The number of carbonyl (C=O) groups is 1. The zero-order valence-corrected chi connectivity index (χ0v) is 14.9. The summed E-state index contributed by atoms with van der Waals surface area (Å²) in [5, 5.41) is 2.35. The molecule has 0 aliphatic carbocycles. The van der Waals surface area contributed by atoms with Crippen LogP contribution in [0.2, 0.25) is 0 Å². The van der Waals surface area contributed by atoms with Gasteiger partial charge in [0.15, 0.2) is 0 Å². The van der Waals surface area contributed by atoms with Gasteiger partial charge in [0.25, 0.3) is 5.91 Å². The topological polar surface area (TPSA) is 75.3 Å². The maximum Gasteiger partial charge on any atom is 0.416 e. The van der Waals surface area contributed by atoms with Crippen molar-refractivity contribution in [2.24, 2.45) is 0 Å². The Hall–Kier alpha value is -2.46. The number of benzene rings is 2. The molecule has 0 saturated carbocycles. The number of hydrogen-bond acceptors (Lipinski definition) is 3. The molecule has 146 valence electrons. The van der Waals surface area contributed by atoms with Crippen LogP contribution in [0.3, 0.4) is 0 Å². The quantitative estimate of drug-likeness (QED) is 0.727. The molecule has 0 aliphatic heterocycles. The second kappa shape index (κ2) is 8.05. The summed E-state index contributed by atoms with van der Waals surface area (Å²) in [6.45, 7) is 1.54. The molecule has 5 nitrogen and oxygen atoms in total. The van der Waals surface area contributed by atoms with Gasteiger partial charge in [-0.1, -0.05) is 19.1 Å². The van der Waals surface area contributed by atoms with E-state index in [1.165, 1.54) is 12.1 Å². The van der Waals surface area contributed by atoms with Gasteiger partial charge in [0, 0.05) is 13.1 Å². The molecule has 0 heterocycles. The zero-order valence-electron chi connectivity index (χ0n) is 14.1. The minimum atomic E-state index is -4.47. The molecule has 10 heteroatoms. The standard InChI is InChI=1S/C17H16F4N2O3S/c1-2-23-27(25,26)13-7-8-15(18)14(9-13)16(24)22-10-11-3-5-12(6-4-11)17(19,20)21/h3-9,23H,2,10H2,1H3,(H,22,24). The molecule has 0 bridgehead atoms. The molecule has 0 radical (unpaired) electrons. The number of rotatable bonds is 6. The Balaban J connectivity index is 2.14. The highest BCUT2D eigenvalue weighted by Crippen LogP contribution is 2.29. The molecule has 0 fully saturated rings. The summed E-state index contributed by atoms with van der Waals surface area (Å²) in [5.74, 6) is -1.81. The lowest BCUT2D eigenvalue weighted by Gasteiger charge is -2.10. The number of hydrogen-bond donors (Lipinski definition) is 2. The summed E-state index contributed by atoms with van der Waals surface area (Å²) < 4.78 is 77.6. The van der Waals surface area contributed by atoms with Crippen LogP contribution in [0.25, 0.3) is 0 Å². The van der Waals surface area contributed by atoms with Crippen molar-refractivity contribution in [1.82, 2.24) is 10.0 Å². The lowest BCUT2D eigenvalue weighted by atomic mass is 10.1. The van der Waals surface area contributed by atoms with Gasteiger partial charge in [-0.2, -0.15) is 13.2 Å². The van der Waals surface area contributed by atoms with E-state index in [4.69, 9.17) is 0 Å². The molecule has 0 atom stereocenters. The molecule has 0 aromatic heterocycles. The smallest absolute Gasteiger partial charge is 0.348 e. The SMILES string of the molecule is CCNS(=O)(=O)c1ccc(F)c(C(=O)NCc2ccc(C(F)(F)F)cc2)c1. The van der Waals surface area contributed by atoms with Gasteiger partial charge in [0.05, 0.1) is 16.0 Å². The first kappa shape index (κ1) is 20.8. The third kappa shape index (κ3) is 5.27. The first-order chi connectivity index (χ1) is 12.5. The monoisotopic (exact) mass is 404 g/mol. The molecule has 2 rings (SSSR count). The third-order valence-corrected chi connectivity index (χ3v) is 5.10. The number of alkyl halides is 3. The molecule has 2 aromatic carbocycles. The van der Waals surface area contributed by atoms with Crippen molar-refractivity contribution in [3.05, 3.63) is 65.0 Å². The highest BCUT2D eigenvalue weighted by molar-refractivity contribution is 7.89. The zero-order chi connectivity index (χ0) is 20.2. The van der Waals surface area contributed by atoms with Crippen molar-refractivity contribution < 1.29 is 30.8 Å². The molecule has 0 spiro atoms. The van der Waals surface area contributed by atoms with E-state index in [-0.39, 0.29) is 18.0 Å². The Morgan fingerprint density at radius 1 is 1.07 bits per heavy atom. The minimum Gasteiger partial charge on any atom is -0.348 e. The number of halogens is 4. The highest BCUT2D eigenvalue weighted by atomic mass is 32.2. The second-order valence-electron chi connectivity index (χ2n) is 5.52.